The lowest BCUT2D eigenvalue weighted by molar-refractivity contribution is -0.250. The molecule has 0 spiro atoms. The van der Waals surface area contributed by atoms with Gasteiger partial charge in [-0.25, -0.2) is 4.79 Å². The Hall–Kier alpha value is -0.690. The second-order valence-corrected chi connectivity index (χ2v) is 3.07. The molecule has 0 radical (unpaired) electrons. The molecular weight excluding hydrogens is 192 g/mol. The van der Waals surface area contributed by atoms with E-state index in [1.54, 1.807) is 6.92 Å². The third kappa shape index (κ3) is 2.42. The zero-order chi connectivity index (χ0) is 10.7. The van der Waals surface area contributed by atoms with E-state index in [1.807, 2.05) is 0 Å². The monoisotopic (exact) mass is 206 g/mol. The van der Waals surface area contributed by atoms with E-state index in [9.17, 15) is 15.0 Å². The SMILES string of the molecule is CCO[C@H]1C[C@@H](O)[C@H](O)[C@@H](C(=O)O)O1. The van der Waals surface area contributed by atoms with Crippen LogP contribution in [-0.4, -0.2) is 52.5 Å². The molecule has 1 saturated heterocycles. The Morgan fingerprint density at radius 2 is 2.21 bits per heavy atom. The molecule has 82 valence electrons. The third-order valence-electron chi connectivity index (χ3n) is 2.03. The van der Waals surface area contributed by atoms with Gasteiger partial charge < -0.3 is 24.8 Å². The molecule has 1 aliphatic rings. The summed E-state index contributed by atoms with van der Waals surface area (Å²) in [5.74, 6) is -1.30. The van der Waals surface area contributed by atoms with Gasteiger partial charge in [0.1, 0.15) is 6.10 Å². The normalized spacial score (nSPS) is 38.2. The molecule has 1 heterocycles. The minimum atomic E-state index is -1.42. The van der Waals surface area contributed by atoms with Crippen molar-refractivity contribution >= 4 is 5.97 Å². The zero-order valence-electron chi connectivity index (χ0n) is 7.79. The van der Waals surface area contributed by atoms with E-state index >= 15 is 0 Å². The highest BCUT2D eigenvalue weighted by molar-refractivity contribution is 5.73. The molecule has 0 aromatic rings. The minimum Gasteiger partial charge on any atom is -0.479 e. The van der Waals surface area contributed by atoms with Gasteiger partial charge in [0.2, 0.25) is 0 Å². The largest absolute Gasteiger partial charge is 0.479 e. The van der Waals surface area contributed by atoms with Crippen LogP contribution in [0.2, 0.25) is 0 Å². The summed E-state index contributed by atoms with van der Waals surface area (Å²) in [6.45, 7) is 2.09. The van der Waals surface area contributed by atoms with E-state index in [2.05, 4.69) is 0 Å². The van der Waals surface area contributed by atoms with Crippen molar-refractivity contribution in [3.05, 3.63) is 0 Å². The predicted octanol–water partition coefficient (Wildman–Crippen LogP) is -1.06. The number of hydrogen-bond donors (Lipinski definition) is 3. The Morgan fingerprint density at radius 3 is 2.71 bits per heavy atom. The lowest BCUT2D eigenvalue weighted by Gasteiger charge is -2.34. The summed E-state index contributed by atoms with van der Waals surface area (Å²) in [6.07, 6.45) is -4.63. The second-order valence-electron chi connectivity index (χ2n) is 3.07. The van der Waals surface area contributed by atoms with Gasteiger partial charge in [0.15, 0.2) is 12.4 Å². The average Bonchev–Trinajstić information content (AvgIpc) is 2.11. The van der Waals surface area contributed by atoms with Gasteiger partial charge in [-0.3, -0.25) is 0 Å². The number of aliphatic hydroxyl groups is 2. The number of hydrogen-bond acceptors (Lipinski definition) is 5. The van der Waals surface area contributed by atoms with Crippen LogP contribution < -0.4 is 0 Å². The summed E-state index contributed by atoms with van der Waals surface area (Å²) in [4.78, 5) is 10.6. The molecule has 0 bridgehead atoms. The highest BCUT2D eigenvalue weighted by atomic mass is 16.7. The lowest BCUT2D eigenvalue weighted by Crippen LogP contribution is -2.52. The first-order chi connectivity index (χ1) is 6.56. The number of carboxylic acid groups (broad SMARTS) is 1. The van der Waals surface area contributed by atoms with Gasteiger partial charge in [0.05, 0.1) is 6.10 Å². The Morgan fingerprint density at radius 1 is 1.57 bits per heavy atom. The van der Waals surface area contributed by atoms with Gasteiger partial charge in [0, 0.05) is 13.0 Å². The smallest absolute Gasteiger partial charge is 0.335 e. The van der Waals surface area contributed by atoms with Crippen molar-refractivity contribution in [2.75, 3.05) is 6.61 Å². The second kappa shape index (κ2) is 4.70. The fourth-order valence-corrected chi connectivity index (χ4v) is 1.34. The molecule has 3 N–H and O–H groups in total. The van der Waals surface area contributed by atoms with Crippen molar-refractivity contribution in [1.82, 2.24) is 0 Å². The van der Waals surface area contributed by atoms with E-state index in [4.69, 9.17) is 14.6 Å². The molecule has 0 unspecified atom stereocenters. The summed E-state index contributed by atoms with van der Waals surface area (Å²) in [5.41, 5.74) is 0. The van der Waals surface area contributed by atoms with Gasteiger partial charge in [0.25, 0.3) is 0 Å². The molecule has 4 atom stereocenters. The van der Waals surface area contributed by atoms with Crippen LogP contribution in [0.5, 0.6) is 0 Å². The molecule has 0 amide bonds. The van der Waals surface area contributed by atoms with Crippen molar-refractivity contribution in [3.8, 4) is 0 Å². The third-order valence-corrected chi connectivity index (χ3v) is 2.03. The minimum absolute atomic E-state index is 0.0821. The van der Waals surface area contributed by atoms with Gasteiger partial charge in [-0.2, -0.15) is 0 Å². The summed E-state index contributed by atoms with van der Waals surface area (Å²) in [5, 5.41) is 27.3. The molecule has 1 rings (SSSR count). The summed E-state index contributed by atoms with van der Waals surface area (Å²) in [7, 11) is 0. The van der Waals surface area contributed by atoms with Crippen LogP contribution in [0, 0.1) is 0 Å². The summed E-state index contributed by atoms with van der Waals surface area (Å²) >= 11 is 0. The van der Waals surface area contributed by atoms with Gasteiger partial charge in [-0.15, -0.1) is 0 Å². The first-order valence-corrected chi connectivity index (χ1v) is 4.42. The van der Waals surface area contributed by atoms with E-state index < -0.39 is 30.6 Å². The number of carbonyl (C=O) groups is 1. The summed E-state index contributed by atoms with van der Waals surface area (Å²) in [6, 6.07) is 0. The Balaban J connectivity index is 2.61. The Bertz CT molecular complexity index is 206. The number of ether oxygens (including phenoxy) is 2. The maximum Gasteiger partial charge on any atom is 0.335 e. The molecule has 0 aromatic heterocycles. The fourth-order valence-electron chi connectivity index (χ4n) is 1.34. The molecular formula is C8H14O6. The van der Waals surface area contributed by atoms with E-state index in [0.29, 0.717) is 6.61 Å². The molecule has 14 heavy (non-hydrogen) atoms. The van der Waals surface area contributed by atoms with Crippen LogP contribution in [0.15, 0.2) is 0 Å². The molecule has 6 heteroatoms. The molecule has 0 saturated carbocycles. The Labute approximate surface area is 81.1 Å². The zero-order valence-corrected chi connectivity index (χ0v) is 7.79. The van der Waals surface area contributed by atoms with Crippen LogP contribution in [0.25, 0.3) is 0 Å². The first kappa shape index (κ1) is 11.4. The Kier molecular flexibility index (Phi) is 3.82. The van der Waals surface area contributed by atoms with Gasteiger partial charge in [-0.1, -0.05) is 0 Å². The van der Waals surface area contributed by atoms with Crippen LogP contribution in [0.4, 0.5) is 0 Å². The molecule has 0 aliphatic carbocycles. The quantitative estimate of drug-likeness (QED) is 0.545. The molecule has 1 aliphatic heterocycles. The van der Waals surface area contributed by atoms with Crippen molar-refractivity contribution in [1.29, 1.82) is 0 Å². The molecule has 1 fully saturated rings. The standard InChI is InChI=1S/C8H14O6/c1-2-13-5-3-4(9)6(10)7(14-5)8(11)12/h4-7,9-10H,2-3H2,1H3,(H,11,12)/t4-,5-,6+,7+/m1/s1. The maximum atomic E-state index is 10.6. The molecule has 6 nitrogen and oxygen atoms in total. The van der Waals surface area contributed by atoms with Crippen LogP contribution >= 0.6 is 0 Å². The van der Waals surface area contributed by atoms with E-state index in [1.165, 1.54) is 0 Å². The first-order valence-electron chi connectivity index (χ1n) is 4.42. The van der Waals surface area contributed by atoms with Gasteiger partial charge >= 0.3 is 5.97 Å². The van der Waals surface area contributed by atoms with E-state index in [0.717, 1.165) is 0 Å². The van der Waals surface area contributed by atoms with Crippen molar-refractivity contribution in [2.24, 2.45) is 0 Å². The van der Waals surface area contributed by atoms with Crippen molar-refractivity contribution < 1.29 is 29.6 Å². The number of carboxylic acids is 1. The fraction of sp³-hybridized carbons (Fsp3) is 0.875. The highest BCUT2D eigenvalue weighted by Crippen LogP contribution is 2.21. The van der Waals surface area contributed by atoms with Gasteiger partial charge in [-0.05, 0) is 6.92 Å². The van der Waals surface area contributed by atoms with Crippen molar-refractivity contribution in [3.63, 3.8) is 0 Å². The number of aliphatic hydroxyl groups excluding tert-OH is 2. The lowest BCUT2D eigenvalue weighted by atomic mass is 10.0. The average molecular weight is 206 g/mol. The maximum absolute atomic E-state index is 10.6. The molecule has 0 aromatic carbocycles. The number of aliphatic carboxylic acids is 1. The highest BCUT2D eigenvalue weighted by Gasteiger charge is 2.41. The van der Waals surface area contributed by atoms with Crippen LogP contribution in [-0.2, 0) is 14.3 Å². The van der Waals surface area contributed by atoms with E-state index in [-0.39, 0.29) is 6.42 Å². The van der Waals surface area contributed by atoms with Crippen LogP contribution in [0.3, 0.4) is 0 Å². The van der Waals surface area contributed by atoms with Crippen LogP contribution in [0.1, 0.15) is 13.3 Å². The number of rotatable bonds is 3. The topological polar surface area (TPSA) is 96.2 Å². The predicted molar refractivity (Wildman–Crippen MR) is 44.6 cm³/mol. The van der Waals surface area contributed by atoms with Crippen molar-refractivity contribution in [2.45, 2.75) is 37.9 Å². The summed E-state index contributed by atoms with van der Waals surface area (Å²) < 4.78 is 9.96.